The molecular weight excluding hydrogens is 380 g/mol. The topological polar surface area (TPSA) is 95.9 Å². The molecule has 0 aliphatic carbocycles. The molecule has 0 spiro atoms. The minimum absolute atomic E-state index is 0.165. The van der Waals surface area contributed by atoms with Crippen LogP contribution in [0.25, 0.3) is 0 Å². The van der Waals surface area contributed by atoms with Crippen molar-refractivity contribution in [3.8, 4) is 5.75 Å². The summed E-state index contributed by atoms with van der Waals surface area (Å²) in [6.07, 6.45) is 0.908. The largest absolute Gasteiger partial charge is 0.482 e. The Balaban J connectivity index is 2.17. The van der Waals surface area contributed by atoms with Gasteiger partial charge in [-0.3, -0.25) is 14.5 Å². The number of hydrogen-bond acceptors (Lipinski definition) is 4. The molecule has 1 aliphatic heterocycles. The highest BCUT2D eigenvalue weighted by Gasteiger charge is 2.35. The monoisotopic (exact) mass is 398 g/mol. The van der Waals surface area contributed by atoms with Crippen LogP contribution in [0, 0.1) is 0 Å². The Labute approximate surface area is 148 Å². The van der Waals surface area contributed by atoms with Crippen molar-refractivity contribution < 1.29 is 24.2 Å². The van der Waals surface area contributed by atoms with Gasteiger partial charge in [0.15, 0.2) is 6.61 Å². The predicted molar refractivity (Wildman–Crippen MR) is 91.1 cm³/mol. The second-order valence-corrected chi connectivity index (χ2v) is 6.73. The smallest absolute Gasteiger partial charge is 0.329 e. The fourth-order valence-electron chi connectivity index (χ4n) is 2.57. The summed E-state index contributed by atoms with van der Waals surface area (Å²) in [5, 5.41) is 11.9. The Morgan fingerprint density at radius 2 is 2.17 bits per heavy atom. The summed E-state index contributed by atoms with van der Waals surface area (Å²) in [6, 6.07) is 5.13. The number of anilines is 1. The first-order chi connectivity index (χ1) is 11.3. The second-order valence-electron chi connectivity index (χ2n) is 5.82. The first kappa shape index (κ1) is 18.3. The van der Waals surface area contributed by atoms with E-state index in [0.717, 1.165) is 4.47 Å². The number of carbonyl (C=O) groups excluding carboxylic acids is 2. The van der Waals surface area contributed by atoms with Crippen molar-refractivity contribution in [3.63, 3.8) is 0 Å². The molecule has 0 saturated heterocycles. The molecule has 24 heavy (non-hydrogen) atoms. The van der Waals surface area contributed by atoms with Crippen molar-refractivity contribution in [2.45, 2.75) is 32.2 Å². The first-order valence-corrected chi connectivity index (χ1v) is 8.33. The van der Waals surface area contributed by atoms with Gasteiger partial charge in [-0.15, -0.1) is 0 Å². The normalized spacial score (nSPS) is 16.0. The van der Waals surface area contributed by atoms with Gasteiger partial charge in [-0.2, -0.15) is 0 Å². The van der Waals surface area contributed by atoms with Crippen LogP contribution in [-0.2, 0) is 14.4 Å². The highest BCUT2D eigenvalue weighted by molar-refractivity contribution is 9.10. The van der Waals surface area contributed by atoms with E-state index in [2.05, 4.69) is 21.2 Å². The van der Waals surface area contributed by atoms with Gasteiger partial charge >= 0.3 is 5.97 Å². The molecule has 0 bridgehead atoms. The molecule has 1 aromatic carbocycles. The lowest BCUT2D eigenvalue weighted by molar-refractivity contribution is -0.147. The number of amides is 2. The van der Waals surface area contributed by atoms with E-state index < -0.39 is 17.4 Å². The molecule has 1 atom stereocenters. The Morgan fingerprint density at radius 1 is 1.46 bits per heavy atom. The number of hydrogen-bond donors (Lipinski definition) is 2. The van der Waals surface area contributed by atoms with Crippen LogP contribution in [0.4, 0.5) is 5.69 Å². The molecule has 0 fully saturated rings. The molecule has 130 valence electrons. The quantitative estimate of drug-likeness (QED) is 0.762. The zero-order valence-electron chi connectivity index (χ0n) is 13.5. The number of benzene rings is 1. The summed E-state index contributed by atoms with van der Waals surface area (Å²) in [7, 11) is 0. The summed E-state index contributed by atoms with van der Waals surface area (Å²) < 4.78 is 6.15. The van der Waals surface area contributed by atoms with Crippen LogP contribution in [0.15, 0.2) is 22.7 Å². The standard InChI is InChI=1S/C16H19BrN2O5/c1-3-6-16(2,15(22)23)18-13(20)8-19-11-5-4-10(17)7-12(11)24-9-14(19)21/h4-5,7H,3,6,8-9H2,1-2H3,(H,18,20)(H,22,23). The van der Waals surface area contributed by atoms with Gasteiger partial charge < -0.3 is 15.2 Å². The van der Waals surface area contributed by atoms with Gasteiger partial charge in [-0.25, -0.2) is 4.79 Å². The number of aliphatic carboxylic acids is 1. The van der Waals surface area contributed by atoms with E-state index in [1.165, 1.54) is 11.8 Å². The van der Waals surface area contributed by atoms with E-state index in [9.17, 15) is 19.5 Å². The van der Waals surface area contributed by atoms with E-state index in [1.54, 1.807) is 18.2 Å². The molecule has 2 N–H and O–H groups in total. The molecule has 7 nitrogen and oxygen atoms in total. The minimum Gasteiger partial charge on any atom is -0.482 e. The molecule has 2 rings (SSSR count). The summed E-state index contributed by atoms with van der Waals surface area (Å²) in [4.78, 5) is 37.1. The molecule has 2 amide bonds. The number of carboxylic acid groups (broad SMARTS) is 1. The Hall–Kier alpha value is -2.09. The maximum absolute atomic E-state index is 12.3. The number of halogens is 1. The lowest BCUT2D eigenvalue weighted by Crippen LogP contribution is -2.55. The van der Waals surface area contributed by atoms with E-state index >= 15 is 0 Å². The van der Waals surface area contributed by atoms with Crippen LogP contribution in [0.1, 0.15) is 26.7 Å². The molecule has 0 saturated carbocycles. The summed E-state index contributed by atoms with van der Waals surface area (Å²) >= 11 is 3.32. The molecule has 1 unspecified atom stereocenters. The number of ether oxygens (including phenoxy) is 1. The van der Waals surface area contributed by atoms with E-state index in [1.807, 2.05) is 6.92 Å². The molecular formula is C16H19BrN2O5. The molecule has 1 heterocycles. The SMILES string of the molecule is CCCC(C)(NC(=O)CN1C(=O)COc2cc(Br)ccc21)C(=O)O. The number of carboxylic acids is 1. The van der Waals surface area contributed by atoms with E-state index in [-0.39, 0.29) is 19.1 Å². The lowest BCUT2D eigenvalue weighted by Gasteiger charge is -2.31. The van der Waals surface area contributed by atoms with Gasteiger partial charge in [-0.1, -0.05) is 29.3 Å². The van der Waals surface area contributed by atoms with Crippen molar-refractivity contribution >= 4 is 39.4 Å². The van der Waals surface area contributed by atoms with Crippen LogP contribution in [0.5, 0.6) is 5.75 Å². The zero-order chi connectivity index (χ0) is 17.9. The number of fused-ring (bicyclic) bond motifs is 1. The molecule has 0 aromatic heterocycles. The van der Waals surface area contributed by atoms with Gasteiger partial charge in [0.1, 0.15) is 17.8 Å². The lowest BCUT2D eigenvalue weighted by atomic mass is 9.96. The second kappa shape index (κ2) is 7.21. The van der Waals surface area contributed by atoms with Gasteiger partial charge in [0.25, 0.3) is 5.91 Å². The third-order valence-electron chi connectivity index (χ3n) is 3.80. The van der Waals surface area contributed by atoms with Gasteiger partial charge in [0.05, 0.1) is 5.69 Å². The van der Waals surface area contributed by atoms with Crippen LogP contribution in [0.3, 0.4) is 0 Å². The van der Waals surface area contributed by atoms with Crippen LogP contribution >= 0.6 is 15.9 Å². The first-order valence-electron chi connectivity index (χ1n) is 7.54. The minimum atomic E-state index is -1.36. The Kier molecular flexibility index (Phi) is 5.48. The van der Waals surface area contributed by atoms with E-state index in [4.69, 9.17) is 4.74 Å². The average Bonchev–Trinajstić information content (AvgIpc) is 2.50. The molecule has 1 aromatic rings. The maximum atomic E-state index is 12.3. The third-order valence-corrected chi connectivity index (χ3v) is 4.30. The Bertz CT molecular complexity index is 678. The van der Waals surface area contributed by atoms with Crippen molar-refractivity contribution in [2.75, 3.05) is 18.1 Å². The zero-order valence-corrected chi connectivity index (χ0v) is 15.1. The number of nitrogens with one attached hydrogen (secondary N) is 1. The summed E-state index contributed by atoms with van der Waals surface area (Å²) in [6.45, 7) is 2.88. The summed E-state index contributed by atoms with van der Waals surface area (Å²) in [5.74, 6) is -1.49. The van der Waals surface area contributed by atoms with Gasteiger partial charge in [-0.05, 0) is 31.5 Å². The van der Waals surface area contributed by atoms with Crippen molar-refractivity contribution in [1.82, 2.24) is 5.32 Å². The number of nitrogens with zero attached hydrogens (tertiary/aromatic N) is 1. The third kappa shape index (κ3) is 3.87. The number of rotatable bonds is 6. The highest BCUT2D eigenvalue weighted by Crippen LogP contribution is 2.34. The fourth-order valence-corrected chi connectivity index (χ4v) is 2.91. The molecule has 8 heteroatoms. The van der Waals surface area contributed by atoms with Crippen molar-refractivity contribution in [2.24, 2.45) is 0 Å². The van der Waals surface area contributed by atoms with Crippen molar-refractivity contribution in [3.05, 3.63) is 22.7 Å². The summed E-state index contributed by atoms with van der Waals surface area (Å²) in [5.41, 5.74) is -0.874. The van der Waals surface area contributed by atoms with Crippen LogP contribution < -0.4 is 15.0 Å². The predicted octanol–water partition coefficient (Wildman–Crippen LogP) is 1.93. The van der Waals surface area contributed by atoms with Gasteiger partial charge in [0, 0.05) is 4.47 Å². The average molecular weight is 399 g/mol. The molecule has 0 radical (unpaired) electrons. The maximum Gasteiger partial charge on any atom is 0.329 e. The fraction of sp³-hybridized carbons (Fsp3) is 0.438. The van der Waals surface area contributed by atoms with Crippen molar-refractivity contribution in [1.29, 1.82) is 0 Å². The van der Waals surface area contributed by atoms with Crippen LogP contribution in [-0.4, -0.2) is 41.6 Å². The van der Waals surface area contributed by atoms with E-state index in [0.29, 0.717) is 24.3 Å². The number of carbonyl (C=O) groups is 3. The Morgan fingerprint density at radius 3 is 2.79 bits per heavy atom. The highest BCUT2D eigenvalue weighted by atomic mass is 79.9. The molecule has 1 aliphatic rings. The van der Waals surface area contributed by atoms with Gasteiger partial charge in [0.2, 0.25) is 5.91 Å². The van der Waals surface area contributed by atoms with Crippen LogP contribution in [0.2, 0.25) is 0 Å².